The third kappa shape index (κ3) is 3.79. The number of rotatable bonds is 4. The average molecular weight is 709 g/mol. The van der Waals surface area contributed by atoms with E-state index in [2.05, 4.69) is 0 Å². The molecule has 248 valence electrons. The van der Waals surface area contributed by atoms with Gasteiger partial charge in [-0.05, 0) is 29.8 Å². The van der Waals surface area contributed by atoms with Crippen LogP contribution in [0, 0.1) is 29.1 Å². The number of fused-ring (bicyclic) bond motifs is 4. The number of nitrogens with zero attached hydrogens (tertiary/aromatic N) is 4. The number of phenols is 1. The van der Waals surface area contributed by atoms with Crippen molar-refractivity contribution in [1.82, 2.24) is 13.9 Å². The molecule has 0 radical (unpaired) electrons. The highest BCUT2D eigenvalue weighted by Gasteiger charge is 2.76. The number of benzene rings is 3. The molecule has 3 heterocycles. The van der Waals surface area contributed by atoms with Crippen molar-refractivity contribution in [2.24, 2.45) is 0 Å². The van der Waals surface area contributed by atoms with E-state index in [-0.39, 0.29) is 34.0 Å². The summed E-state index contributed by atoms with van der Waals surface area (Å²) in [5, 5.41) is 11.1. The van der Waals surface area contributed by atoms with Crippen molar-refractivity contribution < 1.29 is 41.4 Å². The molecule has 17 heteroatoms. The maximum atomic E-state index is 15.2. The number of allylic oxidation sites excluding steroid dienone is 2. The van der Waals surface area contributed by atoms with Crippen LogP contribution < -0.4 is 21.0 Å². The second-order valence-electron chi connectivity index (χ2n) is 11.3. The number of alkyl halides is 2. The van der Waals surface area contributed by atoms with E-state index in [1.165, 1.54) is 43.5 Å². The van der Waals surface area contributed by atoms with Crippen molar-refractivity contribution >= 4 is 40.7 Å². The van der Waals surface area contributed by atoms with Gasteiger partial charge in [0.25, 0.3) is 11.8 Å². The summed E-state index contributed by atoms with van der Waals surface area (Å²) < 4.78 is 81.4. The summed E-state index contributed by atoms with van der Waals surface area (Å²) in [5.74, 6) is -18.2. The molecule has 3 aliphatic rings. The van der Waals surface area contributed by atoms with Gasteiger partial charge in [0.1, 0.15) is 17.2 Å². The number of carbonyl (C=O) groups excluding carboxylic acids is 2. The summed E-state index contributed by atoms with van der Waals surface area (Å²) in [4.78, 5) is 50.2. The molecule has 3 aromatic carbocycles. The number of phenolic OH excluding ortho intramolecular Hbond substituents is 1. The Labute approximate surface area is 275 Å². The molecule has 1 aliphatic carbocycles. The summed E-state index contributed by atoms with van der Waals surface area (Å²) >= 11 is 14.1. The summed E-state index contributed by atoms with van der Waals surface area (Å²) in [6, 6.07) is 10.3. The predicted molar refractivity (Wildman–Crippen MR) is 159 cm³/mol. The number of imide groups is 1. The molecule has 2 amide bonds. The fraction of sp³-hybridized carbons (Fsp3) is 0.226. The molecule has 4 atom stereocenters. The highest BCUT2D eigenvalue weighted by Crippen LogP contribution is 2.65. The number of para-hydroxylation sites is 1. The molecule has 0 unspecified atom stereocenters. The van der Waals surface area contributed by atoms with Gasteiger partial charge < -0.3 is 9.84 Å². The van der Waals surface area contributed by atoms with Gasteiger partial charge in [-0.25, -0.2) is 50.4 Å². The Morgan fingerprint density at radius 1 is 0.833 bits per heavy atom. The maximum absolute atomic E-state index is 15.2. The number of aromatic nitrogens is 3. The van der Waals surface area contributed by atoms with Crippen LogP contribution in [-0.4, -0.2) is 47.7 Å². The average Bonchev–Trinajstić information content (AvgIpc) is 3.41. The lowest BCUT2D eigenvalue weighted by atomic mass is 9.64. The SMILES string of the molecule is COc1cccc(O)c1[C@H]1C2=CCn3c(=O)n(-c4ccccc4)c(=O)n3[C@@H]2C[C@@]2(Cl)C(=O)N(c3c(F)c(F)c(F)c(F)c3F)C(=O)[C@@]12Cl. The van der Waals surface area contributed by atoms with Crippen LogP contribution in [-0.2, 0) is 16.1 Å². The second-order valence-corrected chi connectivity index (χ2v) is 12.5. The third-order valence-electron chi connectivity index (χ3n) is 9.05. The van der Waals surface area contributed by atoms with Gasteiger partial charge in [-0.15, -0.1) is 23.2 Å². The van der Waals surface area contributed by atoms with Crippen molar-refractivity contribution in [3.8, 4) is 17.2 Å². The summed E-state index contributed by atoms with van der Waals surface area (Å²) in [5.41, 5.74) is -3.60. The molecule has 0 spiro atoms. The van der Waals surface area contributed by atoms with Gasteiger partial charge >= 0.3 is 11.4 Å². The van der Waals surface area contributed by atoms with E-state index in [0.29, 0.717) is 0 Å². The molecule has 10 nitrogen and oxygen atoms in total. The Hall–Kier alpha value is -4.89. The van der Waals surface area contributed by atoms with E-state index in [0.717, 1.165) is 13.9 Å². The van der Waals surface area contributed by atoms with E-state index >= 15 is 8.78 Å². The lowest BCUT2D eigenvalue weighted by Gasteiger charge is -2.49. The van der Waals surface area contributed by atoms with Crippen LogP contribution in [0.5, 0.6) is 11.5 Å². The minimum atomic E-state index is -2.84. The second kappa shape index (κ2) is 10.6. The molecule has 1 aromatic heterocycles. The predicted octanol–water partition coefficient (Wildman–Crippen LogP) is 4.41. The Morgan fingerprint density at radius 2 is 1.46 bits per heavy atom. The van der Waals surface area contributed by atoms with E-state index in [4.69, 9.17) is 27.9 Å². The number of methoxy groups -OCH3 is 1. The molecular formula is C31H19Cl2F5N4O6. The summed E-state index contributed by atoms with van der Waals surface area (Å²) in [6.45, 7) is -0.294. The van der Waals surface area contributed by atoms with Crippen molar-refractivity contribution in [3.05, 3.63) is 116 Å². The van der Waals surface area contributed by atoms with Crippen molar-refractivity contribution in [3.63, 3.8) is 0 Å². The minimum Gasteiger partial charge on any atom is -0.508 e. The zero-order chi connectivity index (χ0) is 34.6. The van der Waals surface area contributed by atoms with Gasteiger partial charge in [0.05, 0.1) is 25.4 Å². The smallest absolute Gasteiger partial charge is 0.352 e. The molecule has 1 N–H and O–H groups in total. The highest BCUT2D eigenvalue weighted by atomic mass is 35.5. The van der Waals surface area contributed by atoms with Crippen LogP contribution in [0.2, 0.25) is 0 Å². The summed E-state index contributed by atoms with van der Waals surface area (Å²) in [6.07, 6.45) is 0.627. The van der Waals surface area contributed by atoms with Crippen LogP contribution in [0.25, 0.3) is 5.69 Å². The number of aromatic hydroxyl groups is 1. The highest BCUT2D eigenvalue weighted by molar-refractivity contribution is 6.58. The van der Waals surface area contributed by atoms with Crippen LogP contribution >= 0.6 is 23.2 Å². The summed E-state index contributed by atoms with van der Waals surface area (Å²) in [7, 11) is 1.20. The number of hydrogen-bond donors (Lipinski definition) is 1. The van der Waals surface area contributed by atoms with E-state index < -0.39 is 91.8 Å². The number of carbonyl (C=O) groups is 2. The number of anilines is 1. The largest absolute Gasteiger partial charge is 0.508 e. The molecule has 2 aliphatic heterocycles. The van der Waals surface area contributed by atoms with E-state index in [9.17, 15) is 37.5 Å². The van der Waals surface area contributed by atoms with Crippen molar-refractivity contribution in [2.45, 2.75) is 34.7 Å². The Kier molecular flexibility index (Phi) is 6.97. The third-order valence-corrected chi connectivity index (χ3v) is 10.5. The van der Waals surface area contributed by atoms with Crippen molar-refractivity contribution in [2.75, 3.05) is 12.0 Å². The number of halogens is 7. The van der Waals surface area contributed by atoms with Crippen LogP contribution in [0.4, 0.5) is 27.6 Å². The Bertz CT molecular complexity index is 2230. The normalized spacial score (nSPS) is 24.7. The Balaban J connectivity index is 1.53. The first-order chi connectivity index (χ1) is 22.7. The number of amides is 2. The molecular weight excluding hydrogens is 690 g/mol. The number of ether oxygens (including phenoxy) is 1. The first-order valence-corrected chi connectivity index (χ1v) is 14.8. The minimum absolute atomic E-state index is 0.0637. The zero-order valence-corrected chi connectivity index (χ0v) is 25.7. The maximum Gasteiger partial charge on any atom is 0.352 e. The number of hydrogen-bond acceptors (Lipinski definition) is 6. The monoisotopic (exact) mass is 708 g/mol. The van der Waals surface area contributed by atoms with Gasteiger partial charge in [-0.3, -0.25) is 9.59 Å². The molecule has 4 aromatic rings. The van der Waals surface area contributed by atoms with Crippen LogP contribution in [0.3, 0.4) is 0 Å². The molecule has 2 fully saturated rings. The molecule has 1 saturated carbocycles. The van der Waals surface area contributed by atoms with Crippen LogP contribution in [0.1, 0.15) is 23.9 Å². The van der Waals surface area contributed by atoms with Gasteiger partial charge in [0.15, 0.2) is 33.0 Å². The van der Waals surface area contributed by atoms with Gasteiger partial charge in [-0.2, -0.15) is 0 Å². The zero-order valence-electron chi connectivity index (χ0n) is 24.2. The topological polar surface area (TPSA) is 116 Å². The van der Waals surface area contributed by atoms with Gasteiger partial charge in [-0.1, -0.05) is 30.3 Å². The van der Waals surface area contributed by atoms with Gasteiger partial charge in [0.2, 0.25) is 5.82 Å². The molecule has 48 heavy (non-hydrogen) atoms. The van der Waals surface area contributed by atoms with E-state index in [1.807, 2.05) is 0 Å². The quantitative estimate of drug-likeness (QED) is 0.0839. The lowest BCUT2D eigenvalue weighted by molar-refractivity contribution is -0.122. The standard InChI is InChI=1S/C31H19Cl2F5N4O6/c1-48-17-9-5-8-16(43)18(17)19-14-10-11-39-28(46)40(13-6-3-2-4-7-13)29(47)42(39)15(14)12-30(32)26(44)41(27(45)31(19,30)33)25-23(37)21(35)20(34)22(36)24(25)38/h2-10,15,19,43H,11-12H2,1H3/t15-,19-,30-,31+/m1/s1. The first-order valence-electron chi connectivity index (χ1n) is 14.1. The van der Waals surface area contributed by atoms with Crippen LogP contribution in [0.15, 0.2) is 69.8 Å². The fourth-order valence-electron chi connectivity index (χ4n) is 6.94. The van der Waals surface area contributed by atoms with E-state index in [1.54, 1.807) is 18.2 Å². The van der Waals surface area contributed by atoms with Gasteiger partial charge in [0, 0.05) is 17.9 Å². The van der Waals surface area contributed by atoms with Crippen molar-refractivity contribution in [1.29, 1.82) is 0 Å². The Morgan fingerprint density at radius 3 is 2.08 bits per heavy atom. The first kappa shape index (κ1) is 31.7. The molecule has 0 bridgehead atoms. The lowest BCUT2D eigenvalue weighted by Crippen LogP contribution is -2.59. The molecule has 7 rings (SSSR count). The molecule has 1 saturated heterocycles. The fourth-order valence-corrected chi connectivity index (χ4v) is 7.84.